The summed E-state index contributed by atoms with van der Waals surface area (Å²) in [6, 6.07) is 18.1. The van der Waals surface area contributed by atoms with Gasteiger partial charge in [0.25, 0.3) is 0 Å². The molecule has 0 fully saturated rings. The summed E-state index contributed by atoms with van der Waals surface area (Å²) in [5, 5.41) is 7.64. The average molecular weight is 444 g/mol. The number of benzene rings is 2. The van der Waals surface area contributed by atoms with E-state index in [9.17, 15) is 9.59 Å². The van der Waals surface area contributed by atoms with Gasteiger partial charge in [0.1, 0.15) is 11.5 Å². The van der Waals surface area contributed by atoms with Crippen LogP contribution in [0.5, 0.6) is 17.4 Å². The number of ether oxygens (including phenoxy) is 2. The van der Waals surface area contributed by atoms with E-state index in [-0.39, 0.29) is 17.8 Å². The van der Waals surface area contributed by atoms with Gasteiger partial charge < -0.3 is 14.8 Å². The first-order valence-corrected chi connectivity index (χ1v) is 10.7. The van der Waals surface area contributed by atoms with Crippen molar-refractivity contribution in [1.29, 1.82) is 0 Å². The fourth-order valence-corrected chi connectivity index (χ4v) is 3.34. The number of carbonyl (C=O) groups excluding carboxylic acids is 1. The van der Waals surface area contributed by atoms with Crippen molar-refractivity contribution in [2.24, 2.45) is 0 Å². The summed E-state index contributed by atoms with van der Waals surface area (Å²) in [5.41, 5.74) is 1.45. The van der Waals surface area contributed by atoms with E-state index in [0.29, 0.717) is 42.2 Å². The number of nitrogens with one attached hydrogen (secondary N) is 1. The number of amides is 1. The predicted octanol–water partition coefficient (Wildman–Crippen LogP) is 3.69. The summed E-state index contributed by atoms with van der Waals surface area (Å²) in [6.45, 7) is 3.25. The van der Waals surface area contributed by atoms with Crippen LogP contribution in [0, 0.1) is 0 Å². The highest BCUT2D eigenvalue weighted by molar-refractivity contribution is 5.79. The lowest BCUT2D eigenvalue weighted by Crippen LogP contribution is -2.24. The Labute approximate surface area is 190 Å². The molecule has 2 aromatic carbocycles. The molecule has 0 saturated heterocycles. The number of pyridine rings is 1. The summed E-state index contributed by atoms with van der Waals surface area (Å²) in [7, 11) is 0. The fraction of sp³-hybridized carbons (Fsp3) is 0.200. The molecule has 1 N–H and O–H groups in total. The van der Waals surface area contributed by atoms with Crippen molar-refractivity contribution in [3.05, 3.63) is 88.8 Å². The van der Waals surface area contributed by atoms with Crippen LogP contribution >= 0.6 is 0 Å². The second-order valence-corrected chi connectivity index (χ2v) is 7.28. The van der Waals surface area contributed by atoms with Gasteiger partial charge in [0, 0.05) is 30.6 Å². The Morgan fingerprint density at radius 2 is 1.85 bits per heavy atom. The maximum atomic E-state index is 12.4. The molecule has 4 aromatic rings. The molecule has 2 aromatic heterocycles. The third-order valence-corrected chi connectivity index (χ3v) is 4.96. The van der Waals surface area contributed by atoms with E-state index in [1.54, 1.807) is 23.0 Å². The molecule has 0 radical (unpaired) electrons. The maximum Gasteiger partial charge on any atom is 0.222 e. The van der Waals surface area contributed by atoms with Crippen molar-refractivity contribution in [3.63, 3.8) is 0 Å². The molecule has 8 nitrogen and oxygen atoms in total. The summed E-state index contributed by atoms with van der Waals surface area (Å²) in [6.07, 6.45) is 3.16. The first-order chi connectivity index (χ1) is 16.1. The minimum absolute atomic E-state index is 0.120. The van der Waals surface area contributed by atoms with E-state index in [0.717, 1.165) is 11.3 Å². The number of rotatable bonds is 9. The van der Waals surface area contributed by atoms with E-state index in [1.807, 2.05) is 55.5 Å². The lowest BCUT2D eigenvalue weighted by atomic mass is 10.2. The Kier molecular flexibility index (Phi) is 6.94. The van der Waals surface area contributed by atoms with Gasteiger partial charge in [-0.1, -0.05) is 12.1 Å². The molecule has 2 heterocycles. The van der Waals surface area contributed by atoms with Crippen molar-refractivity contribution < 1.29 is 14.3 Å². The number of hydrogen-bond donors (Lipinski definition) is 1. The van der Waals surface area contributed by atoms with Gasteiger partial charge in [0.2, 0.25) is 17.2 Å². The van der Waals surface area contributed by atoms with Gasteiger partial charge in [-0.05, 0) is 55.0 Å². The topological polar surface area (TPSA) is 95.3 Å². The van der Waals surface area contributed by atoms with E-state index in [1.165, 1.54) is 6.20 Å². The quantitative estimate of drug-likeness (QED) is 0.423. The largest absolute Gasteiger partial charge is 0.494 e. The van der Waals surface area contributed by atoms with Gasteiger partial charge in [0.05, 0.1) is 24.9 Å². The molecule has 4 rings (SSSR count). The Bertz CT molecular complexity index is 1300. The minimum Gasteiger partial charge on any atom is -0.494 e. The highest BCUT2D eigenvalue weighted by Crippen LogP contribution is 2.23. The van der Waals surface area contributed by atoms with Gasteiger partial charge in [-0.15, -0.1) is 0 Å². The van der Waals surface area contributed by atoms with E-state index < -0.39 is 0 Å². The monoisotopic (exact) mass is 444 g/mol. The zero-order chi connectivity index (χ0) is 23.0. The second kappa shape index (κ2) is 10.4. The number of para-hydroxylation sites is 1. The highest BCUT2D eigenvalue weighted by atomic mass is 16.5. The molecular weight excluding hydrogens is 420 g/mol. The normalized spacial score (nSPS) is 10.7. The van der Waals surface area contributed by atoms with Crippen LogP contribution in [-0.2, 0) is 17.9 Å². The Hall–Kier alpha value is -4.20. The number of carbonyl (C=O) groups is 1. The number of fused-ring (bicyclic) bond motifs is 1. The molecule has 0 aliphatic carbocycles. The zero-order valence-corrected chi connectivity index (χ0v) is 18.2. The molecule has 0 saturated carbocycles. The van der Waals surface area contributed by atoms with Crippen molar-refractivity contribution in [2.45, 2.75) is 26.4 Å². The van der Waals surface area contributed by atoms with Crippen LogP contribution in [0.4, 0.5) is 0 Å². The standard InChI is InChI=1S/C25H24N4O4/c1-2-32-19-7-9-20(10-8-19)33-25-15-18(11-13-26-25)16-27-24(31)12-14-29-22-6-4-3-5-21(22)23(30)17-28-29/h3-11,13,15,17H,2,12,14,16H2,1H3,(H,27,31). The van der Waals surface area contributed by atoms with Crippen LogP contribution in [0.3, 0.4) is 0 Å². The average Bonchev–Trinajstić information content (AvgIpc) is 2.84. The van der Waals surface area contributed by atoms with Gasteiger partial charge in [-0.3, -0.25) is 14.3 Å². The molecule has 0 aliphatic heterocycles. The minimum atomic E-state index is -0.132. The van der Waals surface area contributed by atoms with Crippen LogP contribution < -0.4 is 20.2 Å². The Morgan fingerprint density at radius 3 is 2.67 bits per heavy atom. The Morgan fingerprint density at radius 1 is 1.06 bits per heavy atom. The fourth-order valence-electron chi connectivity index (χ4n) is 3.34. The summed E-state index contributed by atoms with van der Waals surface area (Å²) in [5.74, 6) is 1.74. The van der Waals surface area contributed by atoms with Crippen LogP contribution in [0.2, 0.25) is 0 Å². The number of aromatic nitrogens is 3. The molecule has 168 valence electrons. The van der Waals surface area contributed by atoms with E-state index in [4.69, 9.17) is 9.47 Å². The van der Waals surface area contributed by atoms with Crippen LogP contribution in [0.1, 0.15) is 18.9 Å². The predicted molar refractivity (Wildman–Crippen MR) is 124 cm³/mol. The molecule has 0 bridgehead atoms. The molecule has 0 spiro atoms. The second-order valence-electron chi connectivity index (χ2n) is 7.28. The Balaban J connectivity index is 1.32. The number of aryl methyl sites for hydroxylation is 1. The van der Waals surface area contributed by atoms with Crippen molar-refractivity contribution >= 4 is 16.8 Å². The first kappa shape index (κ1) is 22.0. The van der Waals surface area contributed by atoms with Crippen LogP contribution in [-0.4, -0.2) is 27.3 Å². The number of hydrogen-bond acceptors (Lipinski definition) is 6. The van der Waals surface area contributed by atoms with Crippen molar-refractivity contribution in [1.82, 2.24) is 20.1 Å². The van der Waals surface area contributed by atoms with Crippen LogP contribution in [0.15, 0.2) is 77.9 Å². The van der Waals surface area contributed by atoms with Gasteiger partial charge in [0.15, 0.2) is 0 Å². The smallest absolute Gasteiger partial charge is 0.222 e. The molecule has 0 atom stereocenters. The lowest BCUT2D eigenvalue weighted by Gasteiger charge is -2.10. The third kappa shape index (κ3) is 5.74. The molecule has 33 heavy (non-hydrogen) atoms. The maximum absolute atomic E-state index is 12.4. The molecule has 1 amide bonds. The van der Waals surface area contributed by atoms with Crippen molar-refractivity contribution in [3.8, 4) is 17.4 Å². The molecule has 0 aliphatic rings. The van der Waals surface area contributed by atoms with Gasteiger partial charge >= 0.3 is 0 Å². The first-order valence-electron chi connectivity index (χ1n) is 10.7. The molecule has 8 heteroatoms. The summed E-state index contributed by atoms with van der Waals surface area (Å²) >= 11 is 0. The summed E-state index contributed by atoms with van der Waals surface area (Å²) < 4.78 is 12.9. The molecular formula is C25H24N4O4. The number of nitrogens with zero attached hydrogens (tertiary/aromatic N) is 3. The highest BCUT2D eigenvalue weighted by Gasteiger charge is 2.07. The van der Waals surface area contributed by atoms with E-state index >= 15 is 0 Å². The lowest BCUT2D eigenvalue weighted by molar-refractivity contribution is -0.121. The SMILES string of the molecule is CCOc1ccc(Oc2cc(CNC(=O)CCn3ncc(=O)c4ccccc43)ccn2)cc1. The van der Waals surface area contributed by atoms with Gasteiger partial charge in [-0.25, -0.2) is 4.98 Å². The zero-order valence-electron chi connectivity index (χ0n) is 18.2. The summed E-state index contributed by atoms with van der Waals surface area (Å²) in [4.78, 5) is 28.5. The third-order valence-electron chi connectivity index (χ3n) is 4.96. The molecule has 0 unspecified atom stereocenters. The van der Waals surface area contributed by atoms with Crippen LogP contribution in [0.25, 0.3) is 10.9 Å². The van der Waals surface area contributed by atoms with Gasteiger partial charge in [-0.2, -0.15) is 5.10 Å². The van der Waals surface area contributed by atoms with Crippen molar-refractivity contribution in [2.75, 3.05) is 6.61 Å². The van der Waals surface area contributed by atoms with E-state index in [2.05, 4.69) is 15.4 Å².